The predicted molar refractivity (Wildman–Crippen MR) is 67.8 cm³/mol. The Bertz CT molecular complexity index is 480. The van der Waals surface area contributed by atoms with E-state index in [2.05, 4.69) is 10.3 Å². The highest BCUT2D eigenvalue weighted by Gasteiger charge is 2.09. The number of hydrogen-bond donors (Lipinski definition) is 1. The summed E-state index contributed by atoms with van der Waals surface area (Å²) in [6.07, 6.45) is 6.12. The van der Waals surface area contributed by atoms with Crippen LogP contribution in [0.3, 0.4) is 0 Å². The van der Waals surface area contributed by atoms with Crippen LogP contribution in [0.1, 0.15) is 30.7 Å². The van der Waals surface area contributed by atoms with Gasteiger partial charge in [0.05, 0.1) is 12.3 Å². The summed E-state index contributed by atoms with van der Waals surface area (Å²) in [5, 5.41) is 2.95. The molecule has 0 saturated carbocycles. The highest BCUT2D eigenvalue weighted by Crippen LogP contribution is 2.11. The summed E-state index contributed by atoms with van der Waals surface area (Å²) in [4.78, 5) is 15.7. The van der Waals surface area contributed by atoms with Gasteiger partial charge in [0.2, 0.25) is 5.91 Å². The van der Waals surface area contributed by atoms with E-state index in [4.69, 9.17) is 4.42 Å². The van der Waals surface area contributed by atoms with Gasteiger partial charge >= 0.3 is 0 Å². The molecular formula is C14H16N2O2. The number of rotatable bonds is 5. The first-order chi connectivity index (χ1) is 8.75. The van der Waals surface area contributed by atoms with Crippen molar-refractivity contribution in [3.05, 3.63) is 54.2 Å². The van der Waals surface area contributed by atoms with Gasteiger partial charge in [-0.05, 0) is 36.8 Å². The lowest BCUT2D eigenvalue weighted by molar-refractivity contribution is -0.121. The Balaban J connectivity index is 1.80. The lowest BCUT2D eigenvalue weighted by Gasteiger charge is -2.13. The lowest BCUT2D eigenvalue weighted by atomic mass is 10.1. The second-order valence-electron chi connectivity index (χ2n) is 4.15. The van der Waals surface area contributed by atoms with E-state index in [1.54, 1.807) is 18.7 Å². The Labute approximate surface area is 106 Å². The van der Waals surface area contributed by atoms with Crippen LogP contribution >= 0.6 is 0 Å². The molecule has 0 bridgehead atoms. The third kappa shape index (κ3) is 3.45. The number of nitrogens with one attached hydrogen (secondary N) is 1. The number of nitrogens with zero attached hydrogens (tertiary/aromatic N) is 1. The Morgan fingerprint density at radius 3 is 2.83 bits per heavy atom. The molecule has 4 heteroatoms. The minimum Gasteiger partial charge on any atom is -0.469 e. The highest BCUT2D eigenvalue weighted by molar-refractivity contribution is 5.76. The molecule has 1 amide bonds. The molecule has 0 aromatic carbocycles. The Kier molecular flexibility index (Phi) is 4.12. The summed E-state index contributed by atoms with van der Waals surface area (Å²) in [6, 6.07) is 7.50. The summed E-state index contributed by atoms with van der Waals surface area (Å²) in [5.41, 5.74) is 1.05. The quantitative estimate of drug-likeness (QED) is 0.879. The molecule has 2 aromatic rings. The first-order valence-electron chi connectivity index (χ1n) is 5.97. The standard InChI is InChI=1S/C14H16N2O2/c1-11(12-6-8-15-9-7-12)16-14(17)5-4-13-3-2-10-18-13/h2-3,6-11H,4-5H2,1H3,(H,16,17). The minimum atomic E-state index is -0.00268. The zero-order chi connectivity index (χ0) is 12.8. The van der Waals surface area contributed by atoms with Gasteiger partial charge in [0.15, 0.2) is 0 Å². The number of pyridine rings is 1. The molecule has 2 aromatic heterocycles. The molecule has 18 heavy (non-hydrogen) atoms. The third-order valence-electron chi connectivity index (χ3n) is 2.76. The van der Waals surface area contributed by atoms with Gasteiger partial charge in [-0.25, -0.2) is 0 Å². The Hall–Kier alpha value is -2.10. The molecule has 94 valence electrons. The first kappa shape index (κ1) is 12.4. The highest BCUT2D eigenvalue weighted by atomic mass is 16.3. The number of amides is 1. The SMILES string of the molecule is CC(NC(=O)CCc1ccco1)c1ccncc1. The summed E-state index contributed by atoms with van der Waals surface area (Å²) >= 11 is 0. The molecule has 0 saturated heterocycles. The maximum Gasteiger partial charge on any atom is 0.220 e. The van der Waals surface area contributed by atoms with Crippen LogP contribution in [0, 0.1) is 0 Å². The van der Waals surface area contributed by atoms with Crippen LogP contribution in [0.25, 0.3) is 0 Å². The van der Waals surface area contributed by atoms with Gasteiger partial charge in [-0.2, -0.15) is 0 Å². The Morgan fingerprint density at radius 1 is 1.39 bits per heavy atom. The summed E-state index contributed by atoms with van der Waals surface area (Å²) in [6.45, 7) is 1.96. The van der Waals surface area contributed by atoms with E-state index in [-0.39, 0.29) is 11.9 Å². The van der Waals surface area contributed by atoms with Gasteiger partial charge in [-0.1, -0.05) is 0 Å². The second-order valence-corrected chi connectivity index (χ2v) is 4.15. The van der Waals surface area contributed by atoms with Gasteiger partial charge < -0.3 is 9.73 Å². The average molecular weight is 244 g/mol. The average Bonchev–Trinajstić information content (AvgIpc) is 2.90. The molecule has 1 unspecified atom stereocenters. The molecule has 0 aliphatic rings. The fourth-order valence-corrected chi connectivity index (χ4v) is 1.74. The van der Waals surface area contributed by atoms with E-state index >= 15 is 0 Å². The van der Waals surface area contributed by atoms with Crippen molar-refractivity contribution in [3.8, 4) is 0 Å². The molecule has 0 spiro atoms. The summed E-state index contributed by atoms with van der Waals surface area (Å²) in [7, 11) is 0. The molecular weight excluding hydrogens is 228 g/mol. The number of aromatic nitrogens is 1. The zero-order valence-corrected chi connectivity index (χ0v) is 10.3. The van der Waals surface area contributed by atoms with Crippen LogP contribution in [0.15, 0.2) is 47.3 Å². The fraction of sp³-hybridized carbons (Fsp3) is 0.286. The van der Waals surface area contributed by atoms with E-state index in [9.17, 15) is 4.79 Å². The van der Waals surface area contributed by atoms with Crippen LogP contribution in [-0.4, -0.2) is 10.9 Å². The monoisotopic (exact) mass is 244 g/mol. The lowest BCUT2D eigenvalue weighted by Crippen LogP contribution is -2.26. The van der Waals surface area contributed by atoms with Gasteiger partial charge in [-0.3, -0.25) is 9.78 Å². The second kappa shape index (κ2) is 6.00. The largest absolute Gasteiger partial charge is 0.469 e. The summed E-state index contributed by atoms with van der Waals surface area (Å²) < 4.78 is 5.19. The van der Waals surface area contributed by atoms with Crippen molar-refractivity contribution in [1.29, 1.82) is 0 Å². The number of aryl methyl sites for hydroxylation is 1. The van der Waals surface area contributed by atoms with E-state index in [1.165, 1.54) is 0 Å². The van der Waals surface area contributed by atoms with Crippen molar-refractivity contribution in [3.63, 3.8) is 0 Å². The van der Waals surface area contributed by atoms with E-state index in [1.807, 2.05) is 31.2 Å². The molecule has 2 heterocycles. The topological polar surface area (TPSA) is 55.1 Å². The van der Waals surface area contributed by atoms with Crippen molar-refractivity contribution < 1.29 is 9.21 Å². The predicted octanol–water partition coefficient (Wildman–Crippen LogP) is 2.48. The van der Waals surface area contributed by atoms with E-state index in [0.717, 1.165) is 11.3 Å². The molecule has 0 aliphatic carbocycles. The van der Waals surface area contributed by atoms with E-state index < -0.39 is 0 Å². The van der Waals surface area contributed by atoms with Crippen molar-refractivity contribution in [2.24, 2.45) is 0 Å². The van der Waals surface area contributed by atoms with Crippen molar-refractivity contribution in [1.82, 2.24) is 10.3 Å². The molecule has 0 fully saturated rings. The Morgan fingerprint density at radius 2 is 2.17 bits per heavy atom. The zero-order valence-electron chi connectivity index (χ0n) is 10.3. The number of hydrogen-bond acceptors (Lipinski definition) is 3. The molecule has 1 N–H and O–H groups in total. The maximum atomic E-state index is 11.8. The van der Waals surface area contributed by atoms with Crippen LogP contribution in [0.5, 0.6) is 0 Å². The number of carbonyl (C=O) groups is 1. The normalized spacial score (nSPS) is 12.1. The van der Waals surface area contributed by atoms with Crippen LogP contribution in [0.2, 0.25) is 0 Å². The van der Waals surface area contributed by atoms with E-state index in [0.29, 0.717) is 12.8 Å². The van der Waals surface area contributed by atoms with Crippen LogP contribution < -0.4 is 5.32 Å². The maximum absolute atomic E-state index is 11.8. The number of carbonyl (C=O) groups excluding carboxylic acids is 1. The molecule has 2 rings (SSSR count). The summed E-state index contributed by atoms with van der Waals surface area (Å²) in [5.74, 6) is 0.859. The first-order valence-corrected chi connectivity index (χ1v) is 5.97. The van der Waals surface area contributed by atoms with Crippen molar-refractivity contribution in [2.75, 3.05) is 0 Å². The van der Waals surface area contributed by atoms with Gasteiger partial charge in [0, 0.05) is 25.2 Å². The van der Waals surface area contributed by atoms with Gasteiger partial charge in [-0.15, -0.1) is 0 Å². The van der Waals surface area contributed by atoms with Crippen LogP contribution in [-0.2, 0) is 11.2 Å². The molecule has 4 nitrogen and oxygen atoms in total. The molecule has 0 aliphatic heterocycles. The molecule has 1 atom stereocenters. The van der Waals surface area contributed by atoms with Crippen LogP contribution in [0.4, 0.5) is 0 Å². The smallest absolute Gasteiger partial charge is 0.220 e. The van der Waals surface area contributed by atoms with Crippen molar-refractivity contribution >= 4 is 5.91 Å². The van der Waals surface area contributed by atoms with Gasteiger partial charge in [0.1, 0.15) is 5.76 Å². The fourth-order valence-electron chi connectivity index (χ4n) is 1.74. The number of furan rings is 1. The van der Waals surface area contributed by atoms with Crippen molar-refractivity contribution in [2.45, 2.75) is 25.8 Å². The minimum absolute atomic E-state index is 0.00268. The third-order valence-corrected chi connectivity index (χ3v) is 2.76. The molecule has 0 radical (unpaired) electrons. The van der Waals surface area contributed by atoms with Gasteiger partial charge in [0.25, 0.3) is 0 Å².